The average Bonchev–Trinajstić information content (AvgIpc) is 3.49. The minimum Gasteiger partial charge on any atom is -0.489 e. The highest BCUT2D eigenvalue weighted by Gasteiger charge is 2.37. The van der Waals surface area contributed by atoms with Gasteiger partial charge in [0.2, 0.25) is 0 Å². The van der Waals surface area contributed by atoms with Gasteiger partial charge in [0.1, 0.15) is 23.8 Å². The standard InChI is InChI=1S/C41H44FN5O5/c1-27-37-32(39(48)46-21-20-45(40(49)52-41(2,3)4)25-35(46)29-15-9-6-10-16-29)24-34(43-38(37)47(44-27)36-17-11-12-22-50-36)31-19-18-30(23-33(31)42)51-26-28-13-7-5-8-14-28/h5-10,13-16,18-19,23-24,35-36H,11-12,17,20-22,25-26H2,1-4H3. The molecule has 0 radical (unpaired) electrons. The van der Waals surface area contributed by atoms with Gasteiger partial charge in [-0.15, -0.1) is 0 Å². The fourth-order valence-electron chi connectivity index (χ4n) is 6.90. The molecule has 3 aromatic carbocycles. The highest BCUT2D eigenvalue weighted by atomic mass is 19.1. The minimum absolute atomic E-state index is 0.229. The van der Waals surface area contributed by atoms with E-state index in [1.54, 1.807) is 32.7 Å². The predicted octanol–water partition coefficient (Wildman–Crippen LogP) is 8.26. The number of halogens is 1. The van der Waals surface area contributed by atoms with Crippen LogP contribution in [0.25, 0.3) is 22.3 Å². The van der Waals surface area contributed by atoms with Gasteiger partial charge < -0.3 is 24.0 Å². The number of rotatable bonds is 7. The quantitative estimate of drug-likeness (QED) is 0.168. The maximum atomic E-state index is 16.0. The Bertz CT molecular complexity index is 2060. The number of fused-ring (bicyclic) bond motifs is 1. The number of benzene rings is 3. The third-order valence-corrected chi connectivity index (χ3v) is 9.44. The summed E-state index contributed by atoms with van der Waals surface area (Å²) >= 11 is 0. The zero-order valence-corrected chi connectivity index (χ0v) is 30.0. The number of carbonyl (C=O) groups is 2. The summed E-state index contributed by atoms with van der Waals surface area (Å²) < 4.78 is 35.5. The summed E-state index contributed by atoms with van der Waals surface area (Å²) in [6.07, 6.45) is 1.89. The Kier molecular flexibility index (Phi) is 9.96. The summed E-state index contributed by atoms with van der Waals surface area (Å²) in [7, 11) is 0. The van der Waals surface area contributed by atoms with Crippen LogP contribution in [0.2, 0.25) is 0 Å². The van der Waals surface area contributed by atoms with E-state index in [9.17, 15) is 9.59 Å². The molecule has 2 saturated heterocycles. The molecule has 2 unspecified atom stereocenters. The second-order valence-electron chi connectivity index (χ2n) is 14.4. The highest BCUT2D eigenvalue weighted by Crippen LogP contribution is 2.36. The van der Waals surface area contributed by atoms with Crippen LogP contribution in [0.3, 0.4) is 0 Å². The SMILES string of the molecule is Cc1nn(C2CCCCO2)c2nc(-c3ccc(OCc4ccccc4)cc3F)cc(C(=O)N3CCN(C(=O)OC(C)(C)C)CC3c3ccccc3)c12. The number of nitrogens with zero attached hydrogens (tertiary/aromatic N) is 5. The number of hydrogen-bond acceptors (Lipinski definition) is 7. The lowest BCUT2D eigenvalue weighted by atomic mass is 9.99. The Hall–Kier alpha value is -5.29. The Morgan fingerprint density at radius 1 is 0.962 bits per heavy atom. The number of piperazine rings is 1. The first kappa shape index (κ1) is 35.1. The normalized spacial score (nSPS) is 18.0. The number of ether oxygens (including phenoxy) is 3. The van der Waals surface area contributed by atoms with Crippen LogP contribution in [-0.4, -0.2) is 68.4 Å². The maximum absolute atomic E-state index is 16.0. The number of carbonyl (C=O) groups excluding carboxylic acids is 2. The molecule has 2 amide bonds. The Morgan fingerprint density at radius 3 is 2.40 bits per heavy atom. The van der Waals surface area contributed by atoms with E-state index in [1.165, 1.54) is 6.07 Å². The molecule has 0 bridgehead atoms. The molecule has 2 atom stereocenters. The molecule has 52 heavy (non-hydrogen) atoms. The number of pyridine rings is 1. The van der Waals surface area contributed by atoms with E-state index in [-0.39, 0.29) is 37.3 Å². The molecule has 0 spiro atoms. The first-order chi connectivity index (χ1) is 25.1. The molecule has 7 rings (SSSR count). The van der Waals surface area contributed by atoms with Gasteiger partial charge in [0, 0.05) is 37.9 Å². The summed E-state index contributed by atoms with van der Waals surface area (Å²) in [6.45, 7) is 9.05. The third kappa shape index (κ3) is 7.50. The summed E-state index contributed by atoms with van der Waals surface area (Å²) in [4.78, 5) is 36.6. The number of hydrogen-bond donors (Lipinski definition) is 0. The molecular formula is C41H44FN5O5. The lowest BCUT2D eigenvalue weighted by molar-refractivity contribution is -0.0371. The van der Waals surface area contributed by atoms with Gasteiger partial charge in [-0.1, -0.05) is 60.7 Å². The van der Waals surface area contributed by atoms with Crippen molar-refractivity contribution in [1.82, 2.24) is 24.6 Å². The van der Waals surface area contributed by atoms with Crippen molar-refractivity contribution in [3.05, 3.63) is 113 Å². The van der Waals surface area contributed by atoms with Gasteiger partial charge in [0.25, 0.3) is 5.91 Å². The maximum Gasteiger partial charge on any atom is 0.410 e. The van der Waals surface area contributed by atoms with Crippen LogP contribution in [0.5, 0.6) is 5.75 Å². The monoisotopic (exact) mass is 705 g/mol. The van der Waals surface area contributed by atoms with E-state index in [0.29, 0.717) is 46.9 Å². The van der Waals surface area contributed by atoms with Crippen LogP contribution in [-0.2, 0) is 16.1 Å². The summed E-state index contributed by atoms with van der Waals surface area (Å²) in [5, 5.41) is 5.44. The first-order valence-electron chi connectivity index (χ1n) is 17.9. The van der Waals surface area contributed by atoms with Gasteiger partial charge in [-0.05, 0) is 76.3 Å². The lowest BCUT2D eigenvalue weighted by Gasteiger charge is -2.42. The van der Waals surface area contributed by atoms with E-state index in [0.717, 1.165) is 30.4 Å². The van der Waals surface area contributed by atoms with Crippen molar-refractivity contribution in [3.8, 4) is 17.0 Å². The number of aryl methyl sites for hydroxylation is 1. The van der Waals surface area contributed by atoms with Gasteiger partial charge in [0.05, 0.1) is 28.4 Å². The van der Waals surface area contributed by atoms with Gasteiger partial charge in [0.15, 0.2) is 11.9 Å². The van der Waals surface area contributed by atoms with E-state index >= 15 is 4.39 Å². The Morgan fingerprint density at radius 2 is 1.71 bits per heavy atom. The number of aromatic nitrogens is 3. The molecule has 0 aliphatic carbocycles. The van der Waals surface area contributed by atoms with E-state index in [1.807, 2.05) is 88.4 Å². The van der Waals surface area contributed by atoms with E-state index < -0.39 is 23.6 Å². The molecule has 5 aromatic rings. The fourth-order valence-corrected chi connectivity index (χ4v) is 6.90. The van der Waals surface area contributed by atoms with Crippen LogP contribution in [0.15, 0.2) is 84.9 Å². The van der Waals surface area contributed by atoms with Crippen molar-refractivity contribution in [2.75, 3.05) is 26.2 Å². The van der Waals surface area contributed by atoms with Crippen LogP contribution in [0.1, 0.15) is 79.5 Å². The van der Waals surface area contributed by atoms with Crippen molar-refractivity contribution >= 4 is 23.0 Å². The predicted molar refractivity (Wildman–Crippen MR) is 195 cm³/mol. The Labute approximate surface area is 303 Å². The molecule has 2 aliphatic heterocycles. The van der Waals surface area contributed by atoms with Crippen LogP contribution in [0, 0.1) is 12.7 Å². The molecular weight excluding hydrogens is 661 g/mol. The lowest BCUT2D eigenvalue weighted by Crippen LogP contribution is -2.53. The second-order valence-corrected chi connectivity index (χ2v) is 14.4. The van der Waals surface area contributed by atoms with Gasteiger partial charge in [-0.3, -0.25) is 4.79 Å². The molecule has 4 heterocycles. The zero-order valence-electron chi connectivity index (χ0n) is 30.0. The van der Waals surface area contributed by atoms with Crippen molar-refractivity contribution < 1.29 is 28.2 Å². The van der Waals surface area contributed by atoms with E-state index in [2.05, 4.69) is 0 Å². The van der Waals surface area contributed by atoms with Gasteiger partial charge in [-0.2, -0.15) is 5.10 Å². The van der Waals surface area contributed by atoms with Crippen molar-refractivity contribution in [2.24, 2.45) is 0 Å². The molecule has 11 heteroatoms. The zero-order chi connectivity index (χ0) is 36.4. The van der Waals surface area contributed by atoms with Crippen molar-refractivity contribution in [3.63, 3.8) is 0 Å². The van der Waals surface area contributed by atoms with Gasteiger partial charge in [-0.25, -0.2) is 18.9 Å². The van der Waals surface area contributed by atoms with Gasteiger partial charge >= 0.3 is 6.09 Å². The molecule has 2 fully saturated rings. The molecule has 2 aromatic heterocycles. The second kappa shape index (κ2) is 14.7. The summed E-state index contributed by atoms with van der Waals surface area (Å²) in [5.41, 5.74) is 3.15. The molecule has 0 saturated carbocycles. The van der Waals surface area contributed by atoms with Crippen LogP contribution < -0.4 is 4.74 Å². The van der Waals surface area contributed by atoms with Crippen LogP contribution in [0.4, 0.5) is 9.18 Å². The van der Waals surface area contributed by atoms with E-state index in [4.69, 9.17) is 24.3 Å². The first-order valence-corrected chi connectivity index (χ1v) is 17.9. The van der Waals surface area contributed by atoms with Crippen molar-refractivity contribution in [2.45, 2.75) is 71.4 Å². The molecule has 270 valence electrons. The molecule has 0 N–H and O–H groups in total. The highest BCUT2D eigenvalue weighted by molar-refractivity contribution is 6.07. The fraction of sp³-hybridized carbons (Fsp3) is 0.366. The summed E-state index contributed by atoms with van der Waals surface area (Å²) in [6, 6.07) is 25.2. The Balaban J connectivity index is 1.29. The number of amides is 2. The molecule has 10 nitrogen and oxygen atoms in total. The molecule has 2 aliphatic rings. The third-order valence-electron chi connectivity index (χ3n) is 9.44. The minimum atomic E-state index is -0.660. The van der Waals surface area contributed by atoms with Crippen molar-refractivity contribution in [1.29, 1.82) is 0 Å². The largest absolute Gasteiger partial charge is 0.489 e. The topological polar surface area (TPSA) is 99.0 Å². The summed E-state index contributed by atoms with van der Waals surface area (Å²) in [5.74, 6) is -0.407. The average molecular weight is 706 g/mol. The smallest absolute Gasteiger partial charge is 0.410 e. The van der Waals surface area contributed by atoms with Crippen LogP contribution >= 0.6 is 0 Å².